The Morgan fingerprint density at radius 2 is 2.05 bits per heavy atom. The minimum Gasteiger partial charge on any atom is -0.491 e. The molecule has 0 unspecified atom stereocenters. The van der Waals surface area contributed by atoms with Crippen molar-refractivity contribution >= 4 is 0 Å². The minimum atomic E-state index is -4.67. The number of hydrogen-bond acceptors (Lipinski definition) is 3. The lowest BCUT2D eigenvalue weighted by Gasteiger charge is -2.17. The molecule has 0 aliphatic carbocycles. The number of alkyl halides is 3. The molecule has 19 heavy (non-hydrogen) atoms. The normalized spacial score (nSPS) is 13.4. The molecule has 0 spiro atoms. The second-order valence-electron chi connectivity index (χ2n) is 4.03. The van der Waals surface area contributed by atoms with Gasteiger partial charge in [0.25, 0.3) is 0 Å². The second-order valence-corrected chi connectivity index (χ2v) is 4.03. The van der Waals surface area contributed by atoms with Crippen LogP contribution in [0.3, 0.4) is 0 Å². The summed E-state index contributed by atoms with van der Waals surface area (Å²) in [6, 6.07) is 2.03. The van der Waals surface area contributed by atoms with E-state index in [0.29, 0.717) is 12.6 Å². The standard InChI is InChI=1S/C12H15F4NO2/c1-8(17-4-5-18)7-19-11-3-2-9(13)6-10(11)12(14,15)16/h2-3,6,8,17-18H,4-5,7H2,1H3/t8-/m0/s1. The van der Waals surface area contributed by atoms with Crippen molar-refractivity contribution in [3.63, 3.8) is 0 Å². The van der Waals surface area contributed by atoms with Crippen LogP contribution in [0.2, 0.25) is 0 Å². The Labute approximate surface area is 108 Å². The third kappa shape index (κ3) is 5.04. The van der Waals surface area contributed by atoms with E-state index in [1.165, 1.54) is 0 Å². The molecule has 0 heterocycles. The van der Waals surface area contributed by atoms with Gasteiger partial charge in [-0.1, -0.05) is 0 Å². The molecular formula is C12H15F4NO2. The number of benzene rings is 1. The van der Waals surface area contributed by atoms with Crippen LogP contribution in [-0.4, -0.2) is 30.9 Å². The van der Waals surface area contributed by atoms with Gasteiger partial charge in [0.2, 0.25) is 0 Å². The summed E-state index contributed by atoms with van der Waals surface area (Å²) in [5.41, 5.74) is -1.14. The van der Waals surface area contributed by atoms with E-state index in [4.69, 9.17) is 9.84 Å². The first-order valence-corrected chi connectivity index (χ1v) is 5.68. The number of aliphatic hydroxyl groups is 1. The van der Waals surface area contributed by atoms with Crippen LogP contribution in [-0.2, 0) is 6.18 Å². The van der Waals surface area contributed by atoms with Crippen molar-refractivity contribution in [1.82, 2.24) is 5.32 Å². The fraction of sp³-hybridized carbons (Fsp3) is 0.500. The number of ether oxygens (including phenoxy) is 1. The molecule has 2 N–H and O–H groups in total. The topological polar surface area (TPSA) is 41.5 Å². The van der Waals surface area contributed by atoms with Crippen molar-refractivity contribution in [2.75, 3.05) is 19.8 Å². The third-order valence-corrected chi connectivity index (χ3v) is 2.34. The molecule has 0 saturated carbocycles. The fourth-order valence-electron chi connectivity index (χ4n) is 1.43. The Morgan fingerprint density at radius 3 is 2.63 bits per heavy atom. The van der Waals surface area contributed by atoms with E-state index in [2.05, 4.69) is 5.32 Å². The number of hydrogen-bond donors (Lipinski definition) is 2. The lowest BCUT2D eigenvalue weighted by molar-refractivity contribution is -0.139. The molecule has 1 aromatic carbocycles. The molecule has 0 bridgehead atoms. The maximum atomic E-state index is 12.8. The number of aliphatic hydroxyl groups excluding tert-OH is 1. The van der Waals surface area contributed by atoms with E-state index in [1.807, 2.05) is 0 Å². The Morgan fingerprint density at radius 1 is 1.37 bits per heavy atom. The first-order valence-electron chi connectivity index (χ1n) is 5.68. The van der Waals surface area contributed by atoms with Crippen LogP contribution in [0.15, 0.2) is 18.2 Å². The SMILES string of the molecule is C[C@@H](COc1ccc(F)cc1C(F)(F)F)NCCO. The van der Waals surface area contributed by atoms with Gasteiger partial charge in [-0.15, -0.1) is 0 Å². The van der Waals surface area contributed by atoms with Gasteiger partial charge in [-0.3, -0.25) is 0 Å². The lowest BCUT2D eigenvalue weighted by Crippen LogP contribution is -2.34. The van der Waals surface area contributed by atoms with Crippen LogP contribution < -0.4 is 10.1 Å². The molecular weight excluding hydrogens is 266 g/mol. The summed E-state index contributed by atoms with van der Waals surface area (Å²) < 4.78 is 55.9. The summed E-state index contributed by atoms with van der Waals surface area (Å²) in [6.07, 6.45) is -4.67. The van der Waals surface area contributed by atoms with Crippen LogP contribution in [0, 0.1) is 5.82 Å². The predicted molar refractivity (Wildman–Crippen MR) is 61.4 cm³/mol. The van der Waals surface area contributed by atoms with Crippen LogP contribution in [0.25, 0.3) is 0 Å². The Hall–Kier alpha value is -1.34. The van der Waals surface area contributed by atoms with Crippen molar-refractivity contribution < 1.29 is 27.4 Å². The fourth-order valence-corrected chi connectivity index (χ4v) is 1.43. The average molecular weight is 281 g/mol. The predicted octanol–water partition coefficient (Wildman–Crippen LogP) is 2.19. The van der Waals surface area contributed by atoms with Crippen LogP contribution in [0.4, 0.5) is 17.6 Å². The maximum Gasteiger partial charge on any atom is 0.420 e. The first-order chi connectivity index (χ1) is 8.84. The van der Waals surface area contributed by atoms with Gasteiger partial charge in [-0.25, -0.2) is 4.39 Å². The smallest absolute Gasteiger partial charge is 0.420 e. The van der Waals surface area contributed by atoms with E-state index in [0.717, 1.165) is 12.1 Å². The Bertz CT molecular complexity index is 409. The zero-order chi connectivity index (χ0) is 14.5. The number of halogens is 4. The summed E-state index contributed by atoms with van der Waals surface area (Å²) in [7, 11) is 0. The summed E-state index contributed by atoms with van der Waals surface area (Å²) in [6.45, 7) is 1.93. The van der Waals surface area contributed by atoms with Gasteiger partial charge in [0.15, 0.2) is 0 Å². The zero-order valence-corrected chi connectivity index (χ0v) is 10.3. The molecule has 1 aromatic rings. The minimum absolute atomic E-state index is 0.0191. The zero-order valence-electron chi connectivity index (χ0n) is 10.3. The molecule has 0 saturated heterocycles. The Balaban J connectivity index is 2.73. The highest BCUT2D eigenvalue weighted by molar-refractivity contribution is 5.36. The highest BCUT2D eigenvalue weighted by Crippen LogP contribution is 2.36. The molecule has 108 valence electrons. The van der Waals surface area contributed by atoms with Crippen LogP contribution in [0.1, 0.15) is 12.5 Å². The van der Waals surface area contributed by atoms with Crippen molar-refractivity contribution in [3.05, 3.63) is 29.6 Å². The van der Waals surface area contributed by atoms with Crippen molar-refractivity contribution in [2.45, 2.75) is 19.1 Å². The van der Waals surface area contributed by atoms with Gasteiger partial charge in [-0.2, -0.15) is 13.2 Å². The molecule has 7 heteroatoms. The first kappa shape index (κ1) is 15.7. The molecule has 0 aromatic heterocycles. The van der Waals surface area contributed by atoms with E-state index in [-0.39, 0.29) is 19.3 Å². The van der Waals surface area contributed by atoms with Gasteiger partial charge >= 0.3 is 6.18 Å². The average Bonchev–Trinajstić information content (AvgIpc) is 2.33. The van der Waals surface area contributed by atoms with Crippen molar-refractivity contribution in [1.29, 1.82) is 0 Å². The van der Waals surface area contributed by atoms with E-state index in [9.17, 15) is 17.6 Å². The van der Waals surface area contributed by atoms with Gasteiger partial charge in [0, 0.05) is 12.6 Å². The summed E-state index contributed by atoms with van der Waals surface area (Å²) in [5, 5.41) is 11.4. The molecule has 0 aliphatic rings. The second kappa shape index (κ2) is 6.72. The van der Waals surface area contributed by atoms with Crippen molar-refractivity contribution in [3.8, 4) is 5.75 Å². The van der Waals surface area contributed by atoms with Gasteiger partial charge in [-0.05, 0) is 25.1 Å². The molecule has 0 amide bonds. The molecule has 0 radical (unpaired) electrons. The molecule has 3 nitrogen and oxygen atoms in total. The maximum absolute atomic E-state index is 12.8. The summed E-state index contributed by atoms with van der Waals surface area (Å²) in [5.74, 6) is -1.38. The quantitative estimate of drug-likeness (QED) is 0.785. The highest BCUT2D eigenvalue weighted by Gasteiger charge is 2.34. The highest BCUT2D eigenvalue weighted by atomic mass is 19.4. The summed E-state index contributed by atoms with van der Waals surface area (Å²) >= 11 is 0. The van der Waals surface area contributed by atoms with E-state index in [1.54, 1.807) is 6.92 Å². The number of nitrogens with one attached hydrogen (secondary N) is 1. The Kier molecular flexibility index (Phi) is 5.56. The van der Waals surface area contributed by atoms with Gasteiger partial charge in [0.05, 0.1) is 6.61 Å². The van der Waals surface area contributed by atoms with Crippen molar-refractivity contribution in [2.24, 2.45) is 0 Å². The molecule has 1 rings (SSSR count). The summed E-state index contributed by atoms with van der Waals surface area (Å²) in [4.78, 5) is 0. The van der Waals surface area contributed by atoms with Crippen LogP contribution >= 0.6 is 0 Å². The molecule has 0 aliphatic heterocycles. The van der Waals surface area contributed by atoms with Crippen LogP contribution in [0.5, 0.6) is 5.75 Å². The molecule has 1 atom stereocenters. The lowest BCUT2D eigenvalue weighted by atomic mass is 10.2. The largest absolute Gasteiger partial charge is 0.491 e. The van der Waals surface area contributed by atoms with E-state index < -0.39 is 23.3 Å². The van der Waals surface area contributed by atoms with Gasteiger partial charge in [0.1, 0.15) is 23.7 Å². The monoisotopic (exact) mass is 281 g/mol. The van der Waals surface area contributed by atoms with Gasteiger partial charge < -0.3 is 15.2 Å². The third-order valence-electron chi connectivity index (χ3n) is 2.34. The molecule has 0 fully saturated rings. The number of rotatable bonds is 6. The van der Waals surface area contributed by atoms with E-state index >= 15 is 0 Å².